The van der Waals surface area contributed by atoms with Crippen LogP contribution < -0.4 is 4.90 Å². The fraction of sp³-hybridized carbons (Fsp3) is 0.300. The molecule has 5 heteroatoms. The Bertz CT molecular complexity index is 928. The predicted molar refractivity (Wildman–Crippen MR) is 102 cm³/mol. The largest absolute Gasteiger partial charge is 0.355 e. The van der Waals surface area contributed by atoms with Gasteiger partial charge in [0.25, 0.3) is 0 Å². The van der Waals surface area contributed by atoms with Crippen molar-refractivity contribution in [3.05, 3.63) is 59.7 Å². The maximum atomic E-state index is 13.7. The summed E-state index contributed by atoms with van der Waals surface area (Å²) < 4.78 is 13.7. The number of benzene rings is 2. The molecule has 128 valence electrons. The summed E-state index contributed by atoms with van der Waals surface area (Å²) in [6, 6.07) is 11.5. The Balaban J connectivity index is 1.75. The first-order valence-corrected chi connectivity index (χ1v) is 9.70. The molecule has 1 aliphatic heterocycles. The van der Waals surface area contributed by atoms with Gasteiger partial charge in [-0.2, -0.15) is 0 Å². The molecule has 1 aromatic heterocycles. The first kappa shape index (κ1) is 16.3. The van der Waals surface area contributed by atoms with Crippen molar-refractivity contribution >= 4 is 28.5 Å². The Morgan fingerprint density at radius 2 is 2.04 bits per heavy atom. The van der Waals surface area contributed by atoms with Gasteiger partial charge in [-0.05, 0) is 60.1 Å². The van der Waals surface area contributed by atoms with Crippen molar-refractivity contribution in [2.75, 3.05) is 24.2 Å². The zero-order chi connectivity index (χ0) is 17.4. The summed E-state index contributed by atoms with van der Waals surface area (Å²) in [7, 11) is 0. The maximum absolute atomic E-state index is 13.7. The van der Waals surface area contributed by atoms with Gasteiger partial charge >= 0.3 is 0 Å². The SMILES string of the molecule is CSc1ccc2ncnc(N3CCc4ccc(F)cc4C(C)C3)c2c1. The van der Waals surface area contributed by atoms with E-state index in [0.29, 0.717) is 0 Å². The number of thioether (sulfide) groups is 1. The van der Waals surface area contributed by atoms with Crippen molar-refractivity contribution in [1.82, 2.24) is 9.97 Å². The van der Waals surface area contributed by atoms with E-state index in [1.165, 1.54) is 10.5 Å². The molecule has 3 nitrogen and oxygen atoms in total. The first-order valence-electron chi connectivity index (χ1n) is 8.47. The van der Waals surface area contributed by atoms with Crippen molar-refractivity contribution in [3.8, 4) is 0 Å². The van der Waals surface area contributed by atoms with Gasteiger partial charge in [0.1, 0.15) is 18.0 Å². The highest BCUT2D eigenvalue weighted by Crippen LogP contribution is 2.32. The third kappa shape index (κ3) is 3.09. The molecule has 0 saturated heterocycles. The van der Waals surface area contributed by atoms with Crippen LogP contribution >= 0.6 is 11.8 Å². The molecule has 2 aromatic carbocycles. The number of rotatable bonds is 2. The number of anilines is 1. The summed E-state index contributed by atoms with van der Waals surface area (Å²) >= 11 is 1.72. The molecule has 0 fully saturated rings. The zero-order valence-electron chi connectivity index (χ0n) is 14.4. The van der Waals surface area contributed by atoms with Crippen molar-refractivity contribution < 1.29 is 4.39 Å². The summed E-state index contributed by atoms with van der Waals surface area (Å²) in [5, 5.41) is 1.08. The number of nitrogens with zero attached hydrogens (tertiary/aromatic N) is 3. The average Bonchev–Trinajstić information content (AvgIpc) is 2.80. The normalized spacial score (nSPS) is 17.4. The van der Waals surface area contributed by atoms with Crippen molar-refractivity contribution in [2.24, 2.45) is 0 Å². The second-order valence-corrected chi connectivity index (χ2v) is 7.40. The van der Waals surface area contributed by atoms with Crippen LogP contribution in [0.15, 0.2) is 47.6 Å². The quantitative estimate of drug-likeness (QED) is 0.627. The van der Waals surface area contributed by atoms with Crippen molar-refractivity contribution in [1.29, 1.82) is 0 Å². The number of hydrogen-bond acceptors (Lipinski definition) is 4. The molecule has 4 rings (SSSR count). The van der Waals surface area contributed by atoms with Crippen molar-refractivity contribution in [2.45, 2.75) is 24.2 Å². The molecule has 0 spiro atoms. The number of halogens is 1. The van der Waals surface area contributed by atoms with E-state index in [-0.39, 0.29) is 11.7 Å². The molecule has 2 heterocycles. The van der Waals surface area contributed by atoms with E-state index < -0.39 is 0 Å². The fourth-order valence-electron chi connectivity index (χ4n) is 3.62. The fourth-order valence-corrected chi connectivity index (χ4v) is 4.06. The second kappa shape index (κ2) is 6.64. The van der Waals surface area contributed by atoms with Gasteiger partial charge in [0.15, 0.2) is 0 Å². The van der Waals surface area contributed by atoms with Crippen molar-refractivity contribution in [3.63, 3.8) is 0 Å². The van der Waals surface area contributed by atoms with Crippen LogP contribution in [-0.4, -0.2) is 29.3 Å². The molecule has 0 amide bonds. The minimum atomic E-state index is -0.156. The summed E-state index contributed by atoms with van der Waals surface area (Å²) in [6.07, 6.45) is 4.61. The molecule has 3 aromatic rings. The molecule has 0 N–H and O–H groups in total. The van der Waals surface area contributed by atoms with Gasteiger partial charge in [0.05, 0.1) is 5.52 Å². The topological polar surface area (TPSA) is 29.0 Å². The van der Waals surface area contributed by atoms with Crippen LogP contribution in [0.5, 0.6) is 0 Å². The average molecular weight is 353 g/mol. The van der Waals surface area contributed by atoms with E-state index in [0.717, 1.165) is 41.8 Å². The van der Waals surface area contributed by atoms with Gasteiger partial charge < -0.3 is 4.90 Å². The molecule has 0 bridgehead atoms. The predicted octanol–water partition coefficient (Wildman–Crippen LogP) is 4.66. The summed E-state index contributed by atoms with van der Waals surface area (Å²) in [6.45, 7) is 3.86. The van der Waals surface area contributed by atoms with Gasteiger partial charge in [-0.15, -0.1) is 11.8 Å². The highest BCUT2D eigenvalue weighted by molar-refractivity contribution is 7.98. The van der Waals surface area contributed by atoms with Crippen LogP contribution in [-0.2, 0) is 6.42 Å². The van der Waals surface area contributed by atoms with E-state index in [4.69, 9.17) is 0 Å². The van der Waals surface area contributed by atoms with Gasteiger partial charge in [-0.1, -0.05) is 13.0 Å². The zero-order valence-corrected chi connectivity index (χ0v) is 15.2. The van der Waals surface area contributed by atoms with Crippen LogP contribution in [0.4, 0.5) is 10.2 Å². The molecular formula is C20H20FN3S. The lowest BCUT2D eigenvalue weighted by Crippen LogP contribution is -2.28. The Morgan fingerprint density at radius 1 is 1.16 bits per heavy atom. The highest BCUT2D eigenvalue weighted by Gasteiger charge is 2.22. The van der Waals surface area contributed by atoms with E-state index in [1.54, 1.807) is 30.2 Å². The van der Waals surface area contributed by atoms with Crippen LogP contribution in [0.1, 0.15) is 24.0 Å². The van der Waals surface area contributed by atoms with Gasteiger partial charge in [0.2, 0.25) is 0 Å². The third-order valence-corrected chi connectivity index (χ3v) is 5.63. The summed E-state index contributed by atoms with van der Waals surface area (Å²) in [5.74, 6) is 1.07. The second-order valence-electron chi connectivity index (χ2n) is 6.52. The Labute approximate surface area is 151 Å². The molecule has 25 heavy (non-hydrogen) atoms. The van der Waals surface area contributed by atoms with Crippen LogP contribution in [0, 0.1) is 5.82 Å². The van der Waals surface area contributed by atoms with E-state index >= 15 is 0 Å². The lowest BCUT2D eigenvalue weighted by Gasteiger charge is -2.25. The molecule has 1 aliphatic rings. The lowest BCUT2D eigenvalue weighted by atomic mass is 9.95. The Morgan fingerprint density at radius 3 is 2.88 bits per heavy atom. The molecule has 0 radical (unpaired) electrons. The monoisotopic (exact) mass is 353 g/mol. The molecule has 1 unspecified atom stereocenters. The van der Waals surface area contributed by atoms with Crippen LogP contribution in [0.25, 0.3) is 10.9 Å². The standard InChI is InChI=1S/C20H20FN3S/c1-13-11-24(8-7-14-3-4-15(21)9-17(13)14)20-18-10-16(25-2)5-6-19(18)22-12-23-20/h3-6,9-10,12-13H,7-8,11H2,1-2H3. The van der Waals surface area contributed by atoms with Gasteiger partial charge in [-0.3, -0.25) is 0 Å². The number of aromatic nitrogens is 2. The van der Waals surface area contributed by atoms with E-state index in [9.17, 15) is 4.39 Å². The smallest absolute Gasteiger partial charge is 0.139 e. The maximum Gasteiger partial charge on any atom is 0.139 e. The minimum absolute atomic E-state index is 0.156. The summed E-state index contributed by atoms with van der Waals surface area (Å²) in [5.41, 5.74) is 3.31. The van der Waals surface area contributed by atoms with Crippen LogP contribution in [0.2, 0.25) is 0 Å². The highest BCUT2D eigenvalue weighted by atomic mass is 32.2. The van der Waals surface area contributed by atoms with E-state index in [2.05, 4.69) is 46.2 Å². The minimum Gasteiger partial charge on any atom is -0.355 e. The molecule has 0 aliphatic carbocycles. The van der Waals surface area contributed by atoms with E-state index in [1.807, 2.05) is 6.07 Å². The molecule has 0 saturated carbocycles. The molecular weight excluding hydrogens is 333 g/mol. The Hall–Kier alpha value is -2.14. The number of hydrogen-bond donors (Lipinski definition) is 0. The van der Waals surface area contributed by atoms with Gasteiger partial charge in [-0.25, -0.2) is 14.4 Å². The van der Waals surface area contributed by atoms with Crippen LogP contribution in [0.3, 0.4) is 0 Å². The third-order valence-electron chi connectivity index (χ3n) is 4.91. The number of fused-ring (bicyclic) bond motifs is 2. The summed E-state index contributed by atoms with van der Waals surface area (Å²) in [4.78, 5) is 12.5. The first-order chi connectivity index (χ1) is 12.2. The van der Waals surface area contributed by atoms with Gasteiger partial charge in [0, 0.05) is 23.4 Å². The lowest BCUT2D eigenvalue weighted by molar-refractivity contribution is 0.620. The molecule has 1 atom stereocenters. The Kier molecular flexibility index (Phi) is 4.34.